The van der Waals surface area contributed by atoms with Gasteiger partial charge in [0.25, 0.3) is 0 Å². The van der Waals surface area contributed by atoms with Crippen molar-refractivity contribution in [3.8, 4) is 33.5 Å². The summed E-state index contributed by atoms with van der Waals surface area (Å²) in [5.74, 6) is 1.41. The standard InChI is InChI=1S/C24H17ClN2OS2/c1-28-18-10-8-16(9-11-18)19-13-22(23-7-4-12-29-23)27-24(20(19)14-26)30-15-17-5-2-3-6-21(17)25/h2-13H,15H2,1H3. The zero-order chi connectivity index (χ0) is 20.9. The van der Waals surface area contributed by atoms with E-state index in [0.29, 0.717) is 21.4 Å². The maximum Gasteiger partial charge on any atom is 0.118 e. The van der Waals surface area contributed by atoms with Crippen molar-refractivity contribution in [2.45, 2.75) is 10.8 Å². The fourth-order valence-electron chi connectivity index (χ4n) is 3.04. The third-order valence-electron chi connectivity index (χ3n) is 4.59. The summed E-state index contributed by atoms with van der Waals surface area (Å²) < 4.78 is 5.27. The number of rotatable bonds is 6. The molecule has 148 valence electrons. The van der Waals surface area contributed by atoms with Gasteiger partial charge >= 0.3 is 0 Å². The first-order chi connectivity index (χ1) is 14.7. The molecular weight excluding hydrogens is 432 g/mol. The van der Waals surface area contributed by atoms with Gasteiger partial charge in [-0.3, -0.25) is 0 Å². The Labute approximate surface area is 188 Å². The lowest BCUT2D eigenvalue weighted by atomic mass is 10.0. The number of nitrogens with zero attached hydrogens (tertiary/aromatic N) is 2. The molecule has 0 fully saturated rings. The molecule has 4 aromatic rings. The van der Waals surface area contributed by atoms with Gasteiger partial charge in [0.2, 0.25) is 0 Å². The lowest BCUT2D eigenvalue weighted by molar-refractivity contribution is 0.415. The van der Waals surface area contributed by atoms with Crippen molar-refractivity contribution >= 4 is 34.7 Å². The molecule has 0 atom stereocenters. The summed E-state index contributed by atoms with van der Waals surface area (Å²) in [5.41, 5.74) is 4.25. The van der Waals surface area contributed by atoms with Crippen LogP contribution < -0.4 is 4.74 Å². The number of benzene rings is 2. The molecule has 3 nitrogen and oxygen atoms in total. The first-order valence-corrected chi connectivity index (χ1v) is 11.4. The third kappa shape index (κ3) is 4.36. The van der Waals surface area contributed by atoms with Crippen molar-refractivity contribution < 1.29 is 4.74 Å². The van der Waals surface area contributed by atoms with Gasteiger partial charge in [0.1, 0.15) is 16.8 Å². The molecule has 0 amide bonds. The minimum absolute atomic E-state index is 0.567. The predicted octanol–water partition coefficient (Wildman–Crippen LogP) is 7.30. The van der Waals surface area contributed by atoms with Gasteiger partial charge in [-0.2, -0.15) is 5.26 Å². The summed E-state index contributed by atoms with van der Waals surface area (Å²) in [7, 11) is 1.64. The molecule has 4 rings (SSSR count). The molecule has 0 unspecified atom stereocenters. The maximum atomic E-state index is 9.98. The second-order valence-corrected chi connectivity index (χ2v) is 8.75. The highest BCUT2D eigenvalue weighted by Gasteiger charge is 2.17. The van der Waals surface area contributed by atoms with Crippen LogP contribution in [0.25, 0.3) is 21.7 Å². The van der Waals surface area contributed by atoms with Gasteiger partial charge in [-0.15, -0.1) is 23.1 Å². The molecule has 0 N–H and O–H groups in total. The van der Waals surface area contributed by atoms with E-state index in [1.807, 2.05) is 72.1 Å². The molecule has 30 heavy (non-hydrogen) atoms. The van der Waals surface area contributed by atoms with Crippen LogP contribution >= 0.6 is 34.7 Å². The van der Waals surface area contributed by atoms with Crippen molar-refractivity contribution in [1.82, 2.24) is 4.98 Å². The van der Waals surface area contributed by atoms with E-state index in [1.165, 1.54) is 11.8 Å². The molecule has 0 bridgehead atoms. The van der Waals surface area contributed by atoms with Gasteiger partial charge in [0.15, 0.2) is 0 Å². The topological polar surface area (TPSA) is 45.9 Å². The van der Waals surface area contributed by atoms with Crippen LogP contribution in [0.2, 0.25) is 5.02 Å². The number of ether oxygens (including phenoxy) is 1. The zero-order valence-electron chi connectivity index (χ0n) is 16.1. The molecular formula is C24H17ClN2OS2. The lowest BCUT2D eigenvalue weighted by Crippen LogP contribution is -1.96. The van der Waals surface area contributed by atoms with Crippen molar-refractivity contribution in [2.24, 2.45) is 0 Å². The van der Waals surface area contributed by atoms with Crippen LogP contribution in [-0.4, -0.2) is 12.1 Å². The fraction of sp³-hybridized carbons (Fsp3) is 0.0833. The van der Waals surface area contributed by atoms with Crippen LogP contribution in [0.5, 0.6) is 5.75 Å². The summed E-state index contributed by atoms with van der Waals surface area (Å²) in [6, 6.07) is 23.9. The van der Waals surface area contributed by atoms with Crippen LogP contribution in [0.15, 0.2) is 77.1 Å². The molecule has 0 aliphatic rings. The van der Waals surface area contributed by atoms with Gasteiger partial charge in [-0.1, -0.05) is 48.0 Å². The maximum absolute atomic E-state index is 9.98. The number of aromatic nitrogens is 1. The number of nitriles is 1. The van der Waals surface area contributed by atoms with E-state index in [1.54, 1.807) is 18.4 Å². The quantitative estimate of drug-likeness (QED) is 0.290. The molecule has 0 saturated carbocycles. The Kier molecular flexibility index (Phi) is 6.39. The van der Waals surface area contributed by atoms with Gasteiger partial charge in [0, 0.05) is 16.3 Å². The van der Waals surface area contributed by atoms with Crippen molar-refractivity contribution in [1.29, 1.82) is 5.26 Å². The summed E-state index contributed by atoms with van der Waals surface area (Å²) in [6.45, 7) is 0. The molecule has 0 aliphatic heterocycles. The molecule has 0 spiro atoms. The first kappa shape index (κ1) is 20.5. The number of pyridine rings is 1. The van der Waals surface area contributed by atoms with Crippen LogP contribution in [0, 0.1) is 11.3 Å². The number of halogens is 1. The molecule has 2 aromatic heterocycles. The largest absolute Gasteiger partial charge is 0.497 e. The molecule has 0 saturated heterocycles. The van der Waals surface area contributed by atoms with Crippen molar-refractivity contribution in [3.05, 3.63) is 88.3 Å². The minimum atomic E-state index is 0.567. The number of thioether (sulfide) groups is 1. The highest BCUT2D eigenvalue weighted by Crippen LogP contribution is 2.37. The average Bonchev–Trinajstić information content (AvgIpc) is 3.33. The highest BCUT2D eigenvalue weighted by atomic mass is 35.5. The van der Waals surface area contributed by atoms with Crippen molar-refractivity contribution in [3.63, 3.8) is 0 Å². The molecule has 0 aliphatic carbocycles. The number of thiophene rings is 1. The number of methoxy groups -OCH3 is 1. The molecule has 0 radical (unpaired) electrons. The van der Waals surface area contributed by atoms with Gasteiger partial charge in [-0.05, 0) is 46.8 Å². The Morgan fingerprint density at radius 1 is 1.10 bits per heavy atom. The minimum Gasteiger partial charge on any atom is -0.497 e. The Hall–Kier alpha value is -2.78. The monoisotopic (exact) mass is 448 g/mol. The second-order valence-electron chi connectivity index (χ2n) is 6.43. The van der Waals surface area contributed by atoms with Crippen LogP contribution in [-0.2, 0) is 5.75 Å². The smallest absolute Gasteiger partial charge is 0.118 e. The van der Waals surface area contributed by atoms with E-state index < -0.39 is 0 Å². The average molecular weight is 449 g/mol. The molecule has 2 aromatic carbocycles. The van der Waals surface area contributed by atoms with Crippen LogP contribution in [0.3, 0.4) is 0 Å². The van der Waals surface area contributed by atoms with E-state index in [9.17, 15) is 5.26 Å². The third-order valence-corrected chi connectivity index (χ3v) is 6.88. The lowest BCUT2D eigenvalue weighted by Gasteiger charge is -2.12. The zero-order valence-corrected chi connectivity index (χ0v) is 18.5. The van der Waals surface area contributed by atoms with Gasteiger partial charge < -0.3 is 4.74 Å². The van der Waals surface area contributed by atoms with Gasteiger partial charge in [0.05, 0.1) is 23.2 Å². The number of hydrogen-bond acceptors (Lipinski definition) is 5. The Balaban J connectivity index is 1.80. The normalized spacial score (nSPS) is 10.6. The first-order valence-electron chi connectivity index (χ1n) is 9.19. The summed E-state index contributed by atoms with van der Waals surface area (Å²) in [4.78, 5) is 5.90. The van der Waals surface area contributed by atoms with E-state index in [-0.39, 0.29) is 0 Å². The Bertz CT molecular complexity index is 1200. The number of hydrogen-bond donors (Lipinski definition) is 0. The Morgan fingerprint density at radius 3 is 2.57 bits per heavy atom. The highest BCUT2D eigenvalue weighted by molar-refractivity contribution is 7.98. The van der Waals surface area contributed by atoms with E-state index in [2.05, 4.69) is 6.07 Å². The summed E-state index contributed by atoms with van der Waals surface area (Å²) >= 11 is 9.48. The van der Waals surface area contributed by atoms with E-state index >= 15 is 0 Å². The molecule has 2 heterocycles. The summed E-state index contributed by atoms with van der Waals surface area (Å²) in [5, 5.41) is 13.4. The fourth-order valence-corrected chi connectivity index (χ4v) is 5.02. The van der Waals surface area contributed by atoms with E-state index in [0.717, 1.165) is 33.0 Å². The van der Waals surface area contributed by atoms with E-state index in [4.69, 9.17) is 21.3 Å². The molecule has 6 heteroatoms. The van der Waals surface area contributed by atoms with Gasteiger partial charge in [-0.25, -0.2) is 4.98 Å². The predicted molar refractivity (Wildman–Crippen MR) is 125 cm³/mol. The van der Waals surface area contributed by atoms with Crippen LogP contribution in [0.1, 0.15) is 11.1 Å². The SMILES string of the molecule is COc1ccc(-c2cc(-c3cccs3)nc(SCc3ccccc3Cl)c2C#N)cc1. The van der Waals surface area contributed by atoms with Crippen LogP contribution in [0.4, 0.5) is 0 Å². The Morgan fingerprint density at radius 2 is 1.90 bits per heavy atom. The second kappa shape index (κ2) is 9.36. The summed E-state index contributed by atoms with van der Waals surface area (Å²) in [6.07, 6.45) is 0. The van der Waals surface area contributed by atoms with Crippen molar-refractivity contribution in [2.75, 3.05) is 7.11 Å².